The Morgan fingerprint density at radius 1 is 0.385 bits per heavy atom. The fraction of sp³-hybridized carbons (Fsp3) is 0. The van der Waals surface area contributed by atoms with Crippen LogP contribution in [0.2, 0.25) is 0 Å². The van der Waals surface area contributed by atoms with E-state index in [1.54, 1.807) is 0 Å². The summed E-state index contributed by atoms with van der Waals surface area (Å²) >= 11 is 1.84. The van der Waals surface area contributed by atoms with E-state index in [1.165, 1.54) is 20.2 Å². The molecule has 0 amide bonds. The van der Waals surface area contributed by atoms with E-state index < -0.39 is 0 Å². The summed E-state index contributed by atoms with van der Waals surface area (Å²) in [6, 6.07) is 64.6. The molecule has 52 heavy (non-hydrogen) atoms. The fourth-order valence-electron chi connectivity index (χ4n) is 7.69. The lowest BCUT2D eigenvalue weighted by molar-refractivity contribution is 0.669. The largest absolute Gasteiger partial charge is 0.456 e. The van der Waals surface area contributed by atoms with Gasteiger partial charge in [-0.1, -0.05) is 115 Å². The molecule has 0 saturated heterocycles. The van der Waals surface area contributed by atoms with Crippen molar-refractivity contribution < 1.29 is 4.42 Å². The van der Waals surface area contributed by atoms with Crippen LogP contribution in [0, 0.1) is 11.3 Å². The van der Waals surface area contributed by atoms with Crippen molar-refractivity contribution in [1.82, 2.24) is 0 Å². The van der Waals surface area contributed by atoms with Crippen molar-refractivity contribution in [1.29, 1.82) is 5.26 Å². The Balaban J connectivity index is 1.29. The zero-order valence-electron chi connectivity index (χ0n) is 28.0. The molecule has 0 aliphatic carbocycles. The molecule has 10 rings (SSSR count). The molecule has 2 nitrogen and oxygen atoms in total. The number of rotatable bonds is 5. The third kappa shape index (κ3) is 5.01. The minimum atomic E-state index is 0.652. The van der Waals surface area contributed by atoms with Crippen LogP contribution in [0.4, 0.5) is 0 Å². The average Bonchev–Trinajstić information content (AvgIpc) is 3.78. The van der Waals surface area contributed by atoms with E-state index >= 15 is 0 Å². The lowest BCUT2D eigenvalue weighted by Gasteiger charge is -2.19. The van der Waals surface area contributed by atoms with Gasteiger partial charge in [-0.3, -0.25) is 0 Å². The second-order valence-electron chi connectivity index (χ2n) is 13.2. The predicted molar refractivity (Wildman–Crippen MR) is 219 cm³/mol. The number of furan rings is 1. The van der Waals surface area contributed by atoms with E-state index in [9.17, 15) is 5.26 Å². The summed E-state index contributed by atoms with van der Waals surface area (Å²) in [7, 11) is 0. The van der Waals surface area contributed by atoms with E-state index in [1.807, 2.05) is 53.8 Å². The van der Waals surface area contributed by atoms with Gasteiger partial charge >= 0.3 is 0 Å². The first-order valence-electron chi connectivity index (χ1n) is 17.4. The maximum atomic E-state index is 10.2. The van der Waals surface area contributed by atoms with Crippen LogP contribution in [0.1, 0.15) is 5.56 Å². The van der Waals surface area contributed by atoms with Crippen LogP contribution in [0.3, 0.4) is 0 Å². The van der Waals surface area contributed by atoms with E-state index in [2.05, 4.69) is 140 Å². The monoisotopic (exact) mass is 679 g/mol. The first-order valence-corrected chi connectivity index (χ1v) is 18.2. The Bertz CT molecular complexity index is 2900. The van der Waals surface area contributed by atoms with Crippen LogP contribution >= 0.6 is 11.3 Å². The van der Waals surface area contributed by atoms with Crippen molar-refractivity contribution in [2.75, 3.05) is 0 Å². The van der Waals surface area contributed by atoms with Crippen molar-refractivity contribution in [2.45, 2.75) is 0 Å². The maximum absolute atomic E-state index is 10.2. The predicted octanol–water partition coefficient (Wildman–Crippen LogP) is 14.2. The van der Waals surface area contributed by atoms with E-state index in [-0.39, 0.29) is 0 Å². The molecule has 2 heterocycles. The second-order valence-corrected chi connectivity index (χ2v) is 14.3. The number of nitriles is 1. The van der Waals surface area contributed by atoms with E-state index in [4.69, 9.17) is 4.42 Å². The summed E-state index contributed by atoms with van der Waals surface area (Å²) in [5.74, 6) is 0. The fourth-order valence-corrected chi connectivity index (χ4v) is 8.78. The first kappa shape index (κ1) is 30.1. The van der Waals surface area contributed by atoms with Gasteiger partial charge in [0.25, 0.3) is 0 Å². The number of benzene rings is 8. The molecule has 0 aliphatic rings. The van der Waals surface area contributed by atoms with Gasteiger partial charge in [0.2, 0.25) is 0 Å². The molecule has 3 heteroatoms. The number of nitrogens with zero attached hydrogens (tertiary/aromatic N) is 1. The normalized spacial score (nSPS) is 11.4. The Morgan fingerprint density at radius 3 is 1.85 bits per heavy atom. The molecule has 0 aliphatic heterocycles. The topological polar surface area (TPSA) is 36.9 Å². The highest BCUT2D eigenvalue weighted by atomic mass is 32.1. The lowest BCUT2D eigenvalue weighted by Crippen LogP contribution is -1.93. The Hall–Kier alpha value is -6.73. The van der Waals surface area contributed by atoms with Crippen LogP contribution in [0.15, 0.2) is 180 Å². The molecule has 10 aromatic rings. The van der Waals surface area contributed by atoms with E-state index in [0.717, 1.165) is 77.6 Å². The third-order valence-corrected chi connectivity index (χ3v) is 11.3. The highest BCUT2D eigenvalue weighted by molar-refractivity contribution is 7.25. The standard InChI is InChI=1S/C49H29NOS/c50-30-34-13-4-5-14-38(34)36-25-35(31-11-2-1-3-12-31)26-37(27-36)49-39(32-21-23-46-43(28-32)41-15-6-8-19-45(41)51-46)17-10-18-40(49)33-22-24-48-44(29-33)42-16-7-9-20-47(42)52-48/h1-29H. The highest BCUT2D eigenvalue weighted by Gasteiger charge is 2.19. The molecule has 242 valence electrons. The molecule has 0 radical (unpaired) electrons. The Kier molecular flexibility index (Phi) is 7.09. The van der Waals surface area contributed by atoms with Crippen LogP contribution in [-0.4, -0.2) is 0 Å². The van der Waals surface area contributed by atoms with Crippen molar-refractivity contribution in [2.24, 2.45) is 0 Å². The molecule has 0 fully saturated rings. The van der Waals surface area contributed by atoms with Gasteiger partial charge in [0.05, 0.1) is 11.6 Å². The molecule has 0 N–H and O–H groups in total. The Morgan fingerprint density at radius 2 is 1.00 bits per heavy atom. The minimum absolute atomic E-state index is 0.652. The first-order chi connectivity index (χ1) is 25.7. The summed E-state index contributed by atoms with van der Waals surface area (Å²) in [5.41, 5.74) is 13.3. The summed E-state index contributed by atoms with van der Waals surface area (Å²) in [6.07, 6.45) is 0. The minimum Gasteiger partial charge on any atom is -0.456 e. The molecule has 0 saturated carbocycles. The molecule has 8 aromatic carbocycles. The quantitative estimate of drug-likeness (QED) is 0.182. The SMILES string of the molecule is N#Cc1ccccc1-c1cc(-c2ccccc2)cc(-c2c(-c3ccc4oc5ccccc5c4c3)cccc2-c2ccc3sc4ccccc4c3c2)c1. The summed E-state index contributed by atoms with van der Waals surface area (Å²) < 4.78 is 8.82. The van der Waals surface area contributed by atoms with E-state index in [0.29, 0.717) is 5.56 Å². The molecule has 0 atom stereocenters. The molecule has 2 aromatic heterocycles. The zero-order valence-corrected chi connectivity index (χ0v) is 28.8. The summed E-state index contributed by atoms with van der Waals surface area (Å²) in [4.78, 5) is 0. The van der Waals surface area contributed by atoms with Gasteiger partial charge in [-0.05, 0) is 116 Å². The number of hydrogen-bond donors (Lipinski definition) is 0. The Labute approximate surface area is 305 Å². The zero-order chi connectivity index (χ0) is 34.6. The van der Waals surface area contributed by atoms with Gasteiger partial charge in [-0.15, -0.1) is 11.3 Å². The highest BCUT2D eigenvalue weighted by Crippen LogP contribution is 2.46. The van der Waals surface area contributed by atoms with Crippen LogP contribution < -0.4 is 0 Å². The van der Waals surface area contributed by atoms with Gasteiger partial charge in [0.15, 0.2) is 0 Å². The molecule has 0 spiro atoms. The maximum Gasteiger partial charge on any atom is 0.135 e. The number of fused-ring (bicyclic) bond motifs is 6. The molecule has 0 unspecified atom stereocenters. The number of hydrogen-bond acceptors (Lipinski definition) is 3. The molecular weight excluding hydrogens is 651 g/mol. The van der Waals surface area contributed by atoms with Gasteiger partial charge in [0, 0.05) is 30.9 Å². The van der Waals surface area contributed by atoms with Gasteiger partial charge in [-0.2, -0.15) is 5.26 Å². The summed E-state index contributed by atoms with van der Waals surface area (Å²) in [6.45, 7) is 0. The smallest absolute Gasteiger partial charge is 0.135 e. The third-order valence-electron chi connectivity index (χ3n) is 10.1. The second kappa shape index (κ2) is 12.2. The molecular formula is C49H29NOS. The van der Waals surface area contributed by atoms with Crippen molar-refractivity contribution in [3.63, 3.8) is 0 Å². The lowest BCUT2D eigenvalue weighted by atomic mass is 9.84. The van der Waals surface area contributed by atoms with Gasteiger partial charge in [-0.25, -0.2) is 0 Å². The van der Waals surface area contributed by atoms with Crippen molar-refractivity contribution >= 4 is 53.4 Å². The van der Waals surface area contributed by atoms with Crippen LogP contribution in [0.25, 0.3) is 97.7 Å². The van der Waals surface area contributed by atoms with Crippen LogP contribution in [0.5, 0.6) is 0 Å². The number of para-hydroxylation sites is 1. The number of thiophene rings is 1. The summed E-state index contributed by atoms with van der Waals surface area (Å²) in [5, 5.41) is 14.9. The van der Waals surface area contributed by atoms with Crippen molar-refractivity contribution in [3.05, 3.63) is 181 Å². The van der Waals surface area contributed by atoms with Gasteiger partial charge < -0.3 is 4.42 Å². The van der Waals surface area contributed by atoms with Gasteiger partial charge in [0.1, 0.15) is 11.2 Å². The van der Waals surface area contributed by atoms with Crippen LogP contribution in [-0.2, 0) is 0 Å². The molecule has 0 bridgehead atoms. The van der Waals surface area contributed by atoms with Crippen molar-refractivity contribution in [3.8, 4) is 61.7 Å². The average molecular weight is 680 g/mol.